The van der Waals surface area contributed by atoms with Crippen LogP contribution in [-0.4, -0.2) is 53.4 Å². The first-order chi connectivity index (χ1) is 14.5. The lowest BCUT2D eigenvalue weighted by molar-refractivity contribution is -0.127. The average Bonchev–Trinajstić information content (AvgIpc) is 3.41. The molecule has 2 aromatic rings. The van der Waals surface area contributed by atoms with Gasteiger partial charge in [-0.25, -0.2) is 4.39 Å². The number of likely N-dealkylation sites (tertiary alicyclic amines) is 1. The molecule has 3 heterocycles. The normalized spacial score (nSPS) is 16.9. The predicted octanol–water partition coefficient (Wildman–Crippen LogP) is 2.67. The van der Waals surface area contributed by atoms with Crippen molar-refractivity contribution in [2.24, 2.45) is 0 Å². The molecule has 160 valence electrons. The van der Waals surface area contributed by atoms with Gasteiger partial charge in [-0.05, 0) is 44.4 Å². The first-order valence-corrected chi connectivity index (χ1v) is 10.7. The van der Waals surface area contributed by atoms with Gasteiger partial charge in [0.1, 0.15) is 11.5 Å². The molecule has 2 fully saturated rings. The Morgan fingerprint density at radius 1 is 1.13 bits per heavy atom. The summed E-state index contributed by atoms with van der Waals surface area (Å²) in [6.45, 7) is 4.80. The summed E-state index contributed by atoms with van der Waals surface area (Å²) in [7, 11) is 0. The van der Waals surface area contributed by atoms with Crippen LogP contribution in [0.25, 0.3) is 10.9 Å². The lowest BCUT2D eigenvalue weighted by atomic mass is 10.2. The maximum absolute atomic E-state index is 14.0. The molecule has 0 aliphatic carbocycles. The molecular formula is C22H27FN4O3. The molecule has 0 saturated carbocycles. The fraction of sp³-hybridized carbons (Fsp3) is 0.500. The lowest BCUT2D eigenvalue weighted by Gasteiger charge is -2.19. The van der Waals surface area contributed by atoms with Crippen molar-refractivity contribution in [2.45, 2.75) is 45.6 Å². The second-order valence-corrected chi connectivity index (χ2v) is 7.85. The predicted molar refractivity (Wildman–Crippen MR) is 112 cm³/mol. The van der Waals surface area contributed by atoms with E-state index >= 15 is 0 Å². The van der Waals surface area contributed by atoms with Gasteiger partial charge in [0.25, 0.3) is 5.91 Å². The highest BCUT2D eigenvalue weighted by molar-refractivity contribution is 6.14. The van der Waals surface area contributed by atoms with E-state index in [0.29, 0.717) is 62.2 Å². The fourth-order valence-corrected chi connectivity index (χ4v) is 4.52. The van der Waals surface area contributed by atoms with Gasteiger partial charge in [0.15, 0.2) is 0 Å². The molecule has 7 nitrogen and oxygen atoms in total. The van der Waals surface area contributed by atoms with Crippen molar-refractivity contribution in [3.63, 3.8) is 0 Å². The number of fused-ring (bicyclic) bond motifs is 1. The van der Waals surface area contributed by atoms with Crippen LogP contribution in [0.3, 0.4) is 0 Å². The van der Waals surface area contributed by atoms with Crippen LogP contribution in [0, 0.1) is 5.82 Å². The number of hydrogen-bond acceptors (Lipinski definition) is 3. The van der Waals surface area contributed by atoms with E-state index in [1.54, 1.807) is 11.0 Å². The number of nitrogens with one attached hydrogen (secondary N) is 1. The molecule has 1 aromatic heterocycles. The molecule has 0 atom stereocenters. The van der Waals surface area contributed by atoms with Crippen LogP contribution in [0.15, 0.2) is 18.2 Å². The topological polar surface area (TPSA) is 74.7 Å². The van der Waals surface area contributed by atoms with Gasteiger partial charge in [0, 0.05) is 51.0 Å². The number of benzene rings is 1. The minimum absolute atomic E-state index is 0.0454. The third-order valence-corrected chi connectivity index (χ3v) is 5.94. The van der Waals surface area contributed by atoms with E-state index in [0.717, 1.165) is 24.9 Å². The molecule has 0 spiro atoms. The number of nitrogens with zero attached hydrogens (tertiary/aromatic N) is 3. The fourth-order valence-electron chi connectivity index (χ4n) is 4.52. The Kier molecular flexibility index (Phi) is 5.74. The summed E-state index contributed by atoms with van der Waals surface area (Å²) >= 11 is 0. The van der Waals surface area contributed by atoms with Gasteiger partial charge in [-0.3, -0.25) is 14.4 Å². The van der Waals surface area contributed by atoms with E-state index in [1.807, 2.05) is 16.4 Å². The van der Waals surface area contributed by atoms with Crippen molar-refractivity contribution in [3.05, 3.63) is 29.7 Å². The Hall–Kier alpha value is -2.90. The molecule has 8 heteroatoms. The van der Waals surface area contributed by atoms with E-state index < -0.39 is 5.82 Å². The Morgan fingerprint density at radius 2 is 1.90 bits per heavy atom. The van der Waals surface area contributed by atoms with Crippen LogP contribution in [-0.2, 0) is 16.1 Å². The zero-order valence-electron chi connectivity index (χ0n) is 17.2. The highest BCUT2D eigenvalue weighted by atomic mass is 19.1. The van der Waals surface area contributed by atoms with Gasteiger partial charge < -0.3 is 19.7 Å². The highest BCUT2D eigenvalue weighted by Gasteiger charge is 2.31. The monoisotopic (exact) mass is 414 g/mol. The Morgan fingerprint density at radius 3 is 2.57 bits per heavy atom. The third kappa shape index (κ3) is 3.66. The quantitative estimate of drug-likeness (QED) is 0.708. The highest BCUT2D eigenvalue weighted by Crippen LogP contribution is 2.37. The first-order valence-electron chi connectivity index (χ1n) is 10.7. The van der Waals surface area contributed by atoms with Gasteiger partial charge >= 0.3 is 0 Å². The Balaban J connectivity index is 1.60. The molecule has 0 radical (unpaired) electrons. The number of halogens is 1. The maximum atomic E-state index is 14.0. The smallest absolute Gasteiger partial charge is 0.270 e. The Bertz CT molecular complexity index is 1000. The SMILES string of the molecule is CCn1c(C(=O)NCCCN2CCCC2=O)c(N2CCCC2=O)c2cc(F)ccc21. The maximum Gasteiger partial charge on any atom is 0.270 e. The number of hydrogen-bond donors (Lipinski definition) is 1. The van der Waals surface area contributed by atoms with E-state index in [4.69, 9.17) is 0 Å². The van der Waals surface area contributed by atoms with E-state index in [-0.39, 0.29) is 17.7 Å². The minimum Gasteiger partial charge on any atom is -0.351 e. The van der Waals surface area contributed by atoms with E-state index in [1.165, 1.54) is 12.1 Å². The van der Waals surface area contributed by atoms with Crippen molar-refractivity contribution >= 4 is 34.3 Å². The lowest BCUT2D eigenvalue weighted by Crippen LogP contribution is -2.33. The van der Waals surface area contributed by atoms with Gasteiger partial charge in [0.05, 0.1) is 11.2 Å². The number of aromatic nitrogens is 1. The van der Waals surface area contributed by atoms with Crippen LogP contribution >= 0.6 is 0 Å². The number of rotatable bonds is 7. The summed E-state index contributed by atoms with van der Waals surface area (Å²) in [5.74, 6) is -0.554. The van der Waals surface area contributed by atoms with E-state index in [2.05, 4.69) is 5.32 Å². The van der Waals surface area contributed by atoms with Crippen LogP contribution in [0.4, 0.5) is 10.1 Å². The van der Waals surface area contributed by atoms with E-state index in [9.17, 15) is 18.8 Å². The number of anilines is 1. The largest absolute Gasteiger partial charge is 0.351 e. The summed E-state index contributed by atoms with van der Waals surface area (Å²) in [5, 5.41) is 3.52. The standard InChI is InChI=1S/C22H27FN4O3/c1-2-26-17-9-8-15(23)14-16(17)20(27-13-4-7-19(27)29)21(26)22(30)24-10-5-12-25-11-3-6-18(25)28/h8-9,14H,2-7,10-13H2,1H3,(H,24,30). The molecule has 0 bridgehead atoms. The van der Waals surface area contributed by atoms with Crippen molar-refractivity contribution < 1.29 is 18.8 Å². The van der Waals surface area contributed by atoms with Crippen LogP contribution in [0.1, 0.15) is 49.5 Å². The summed E-state index contributed by atoms with van der Waals surface area (Å²) in [6.07, 6.45) is 3.31. The van der Waals surface area contributed by atoms with Crippen LogP contribution in [0.2, 0.25) is 0 Å². The molecule has 4 rings (SSSR count). The van der Waals surface area contributed by atoms with Crippen LogP contribution in [0.5, 0.6) is 0 Å². The minimum atomic E-state index is -0.397. The summed E-state index contributed by atoms with van der Waals surface area (Å²) < 4.78 is 15.9. The van der Waals surface area contributed by atoms with Crippen molar-refractivity contribution in [1.29, 1.82) is 0 Å². The molecule has 1 aromatic carbocycles. The van der Waals surface area contributed by atoms with Gasteiger partial charge in [0.2, 0.25) is 11.8 Å². The Labute approximate surface area is 174 Å². The average molecular weight is 414 g/mol. The van der Waals surface area contributed by atoms with Crippen molar-refractivity contribution in [2.75, 3.05) is 31.1 Å². The second kappa shape index (κ2) is 8.45. The summed E-state index contributed by atoms with van der Waals surface area (Å²) in [6, 6.07) is 4.44. The number of aryl methyl sites for hydroxylation is 1. The summed E-state index contributed by atoms with van der Waals surface area (Å²) in [4.78, 5) is 40.8. The molecule has 1 N–H and O–H groups in total. The zero-order valence-corrected chi connectivity index (χ0v) is 17.2. The molecule has 2 aliphatic rings. The first kappa shape index (κ1) is 20.4. The molecule has 30 heavy (non-hydrogen) atoms. The molecule has 0 unspecified atom stereocenters. The second-order valence-electron chi connectivity index (χ2n) is 7.85. The molecule has 2 saturated heterocycles. The van der Waals surface area contributed by atoms with Crippen molar-refractivity contribution in [3.8, 4) is 0 Å². The van der Waals surface area contributed by atoms with Gasteiger partial charge in [-0.15, -0.1) is 0 Å². The van der Waals surface area contributed by atoms with Gasteiger partial charge in [-0.2, -0.15) is 0 Å². The van der Waals surface area contributed by atoms with Gasteiger partial charge in [-0.1, -0.05) is 0 Å². The third-order valence-electron chi connectivity index (χ3n) is 5.94. The zero-order chi connectivity index (χ0) is 21.3. The molecule has 2 aliphatic heterocycles. The van der Waals surface area contributed by atoms with Crippen LogP contribution < -0.4 is 10.2 Å². The number of carbonyl (C=O) groups excluding carboxylic acids is 3. The van der Waals surface area contributed by atoms with Crippen molar-refractivity contribution in [1.82, 2.24) is 14.8 Å². The number of amides is 3. The molecular weight excluding hydrogens is 387 g/mol. The molecule has 3 amide bonds. The number of carbonyl (C=O) groups is 3. The summed E-state index contributed by atoms with van der Waals surface area (Å²) in [5.41, 5.74) is 1.63.